The third-order valence-corrected chi connectivity index (χ3v) is 5.27. The predicted octanol–water partition coefficient (Wildman–Crippen LogP) is 3.37. The quantitative estimate of drug-likeness (QED) is 0.136. The minimum Gasteiger partial charge on any atom is -0.469 e. The number of hydrogen-bond donors (Lipinski definition) is 0. The van der Waals surface area contributed by atoms with Crippen molar-refractivity contribution < 1.29 is 28.5 Å². The first kappa shape index (κ1) is 22.5. The molecule has 0 unspecified atom stereocenters. The van der Waals surface area contributed by atoms with Crippen molar-refractivity contribution in [2.75, 3.05) is 20.3 Å². The number of hydrogen-bond acceptors (Lipinski definition) is 7. The van der Waals surface area contributed by atoms with Crippen LogP contribution in [0.2, 0.25) is 0 Å². The van der Waals surface area contributed by atoms with Gasteiger partial charge in [-0.2, -0.15) is 0 Å². The number of carbonyl (C=O) groups excluding carboxylic acids is 1. The van der Waals surface area contributed by atoms with Crippen LogP contribution in [-0.4, -0.2) is 56.4 Å². The van der Waals surface area contributed by atoms with Crippen molar-refractivity contribution in [3.8, 4) is 0 Å². The van der Waals surface area contributed by atoms with Crippen LogP contribution in [0.25, 0.3) is 10.4 Å². The molecule has 0 bridgehead atoms. The molecule has 1 aromatic carbocycles. The SMILES string of the molecule is COC(=O)[C@@H](CCOCc1ccccc1)C[C@H]1O[C@@H]1[C@@H]1OC(C)(C)O[C@@H]1CN=[N+]=[N-]. The zero-order valence-corrected chi connectivity index (χ0v) is 17.6. The lowest BCUT2D eigenvalue weighted by Crippen LogP contribution is -2.32. The lowest BCUT2D eigenvalue weighted by Gasteiger charge is -2.16. The van der Waals surface area contributed by atoms with E-state index in [1.165, 1.54) is 7.11 Å². The maximum absolute atomic E-state index is 12.2. The van der Waals surface area contributed by atoms with Gasteiger partial charge in [0.05, 0.1) is 38.4 Å². The number of rotatable bonds is 11. The van der Waals surface area contributed by atoms with Crippen LogP contribution in [0.3, 0.4) is 0 Å². The van der Waals surface area contributed by atoms with Crippen molar-refractivity contribution >= 4 is 5.97 Å². The maximum atomic E-state index is 12.2. The van der Waals surface area contributed by atoms with Crippen molar-refractivity contribution in [1.29, 1.82) is 0 Å². The minimum atomic E-state index is -0.774. The Kier molecular flexibility index (Phi) is 7.69. The summed E-state index contributed by atoms with van der Waals surface area (Å²) in [5, 5.41) is 3.61. The lowest BCUT2D eigenvalue weighted by molar-refractivity contribution is -0.147. The lowest BCUT2D eigenvalue weighted by atomic mass is 9.96. The molecule has 30 heavy (non-hydrogen) atoms. The van der Waals surface area contributed by atoms with Gasteiger partial charge in [-0.05, 0) is 37.8 Å². The van der Waals surface area contributed by atoms with E-state index in [-0.39, 0.29) is 42.8 Å². The third-order valence-electron chi connectivity index (χ3n) is 5.27. The summed E-state index contributed by atoms with van der Waals surface area (Å²) >= 11 is 0. The van der Waals surface area contributed by atoms with E-state index in [1.807, 2.05) is 44.2 Å². The summed E-state index contributed by atoms with van der Waals surface area (Å²) in [6.45, 7) is 4.75. The molecule has 2 heterocycles. The topological polar surface area (TPSA) is 115 Å². The molecular formula is C21H29N3O6. The average molecular weight is 419 g/mol. The first-order chi connectivity index (χ1) is 14.4. The van der Waals surface area contributed by atoms with Crippen LogP contribution in [0.1, 0.15) is 32.3 Å². The molecule has 0 radical (unpaired) electrons. The van der Waals surface area contributed by atoms with Crippen molar-refractivity contribution in [3.05, 3.63) is 46.3 Å². The Morgan fingerprint density at radius 3 is 2.70 bits per heavy atom. The molecule has 2 fully saturated rings. The van der Waals surface area contributed by atoms with E-state index in [0.29, 0.717) is 26.1 Å². The molecule has 0 aliphatic carbocycles. The summed E-state index contributed by atoms with van der Waals surface area (Å²) in [7, 11) is 1.39. The van der Waals surface area contributed by atoms with E-state index >= 15 is 0 Å². The highest BCUT2D eigenvalue weighted by Gasteiger charge is 2.55. The molecule has 0 spiro atoms. The van der Waals surface area contributed by atoms with Crippen LogP contribution in [0.5, 0.6) is 0 Å². The standard InChI is InChI=1S/C21H29N3O6/c1-21(2)29-17(12-23-24-22)19(30-21)18-16(28-18)11-15(20(25)26-3)9-10-27-13-14-7-5-4-6-8-14/h4-8,15-19H,9-13H2,1-3H3/t15-,16+,17+,18-,19+/m0/s1. The van der Waals surface area contributed by atoms with Gasteiger partial charge in [0.15, 0.2) is 5.79 Å². The third kappa shape index (κ3) is 6.17. The number of ether oxygens (including phenoxy) is 5. The molecule has 164 valence electrons. The van der Waals surface area contributed by atoms with E-state index in [0.717, 1.165) is 5.56 Å². The smallest absolute Gasteiger partial charge is 0.308 e. The summed E-state index contributed by atoms with van der Waals surface area (Å²) in [6, 6.07) is 9.88. The first-order valence-corrected chi connectivity index (χ1v) is 10.1. The second-order valence-corrected chi connectivity index (χ2v) is 7.97. The molecule has 2 saturated heterocycles. The van der Waals surface area contributed by atoms with Gasteiger partial charge < -0.3 is 23.7 Å². The van der Waals surface area contributed by atoms with Gasteiger partial charge in [0.25, 0.3) is 0 Å². The number of esters is 1. The van der Waals surface area contributed by atoms with Gasteiger partial charge in [0.1, 0.15) is 12.2 Å². The second-order valence-electron chi connectivity index (χ2n) is 7.97. The number of azide groups is 1. The van der Waals surface area contributed by atoms with Gasteiger partial charge >= 0.3 is 5.97 Å². The summed E-state index contributed by atoms with van der Waals surface area (Å²) < 4.78 is 28.3. The molecule has 0 saturated carbocycles. The number of nitrogens with zero attached hydrogens (tertiary/aromatic N) is 3. The normalized spacial score (nSPS) is 27.8. The fourth-order valence-electron chi connectivity index (χ4n) is 3.80. The van der Waals surface area contributed by atoms with Gasteiger partial charge in [0.2, 0.25) is 0 Å². The van der Waals surface area contributed by atoms with Crippen molar-refractivity contribution in [1.82, 2.24) is 0 Å². The molecule has 0 aromatic heterocycles. The van der Waals surface area contributed by atoms with Crippen molar-refractivity contribution in [3.63, 3.8) is 0 Å². The fraction of sp³-hybridized carbons (Fsp3) is 0.667. The molecule has 0 N–H and O–H groups in total. The van der Waals surface area contributed by atoms with Gasteiger partial charge in [0, 0.05) is 11.5 Å². The molecule has 2 aliphatic rings. The van der Waals surface area contributed by atoms with Crippen LogP contribution in [0.4, 0.5) is 0 Å². The minimum absolute atomic E-state index is 0.140. The summed E-state index contributed by atoms with van der Waals surface area (Å²) in [4.78, 5) is 15.0. The van der Waals surface area contributed by atoms with Crippen LogP contribution in [0.15, 0.2) is 35.4 Å². The summed E-state index contributed by atoms with van der Waals surface area (Å²) in [6.07, 6.45) is -0.00959. The van der Waals surface area contributed by atoms with E-state index in [1.54, 1.807) is 0 Å². The highest BCUT2D eigenvalue weighted by atomic mass is 16.8. The van der Waals surface area contributed by atoms with Gasteiger partial charge in [-0.3, -0.25) is 4.79 Å². The summed E-state index contributed by atoms with van der Waals surface area (Å²) in [5.74, 6) is -1.38. The van der Waals surface area contributed by atoms with Crippen molar-refractivity contribution in [2.24, 2.45) is 11.0 Å². The Balaban J connectivity index is 1.49. The van der Waals surface area contributed by atoms with Crippen molar-refractivity contribution in [2.45, 2.75) is 63.5 Å². The molecule has 3 rings (SSSR count). The number of methoxy groups -OCH3 is 1. The second kappa shape index (κ2) is 10.2. The number of carbonyl (C=O) groups is 1. The zero-order valence-electron chi connectivity index (χ0n) is 17.6. The van der Waals surface area contributed by atoms with E-state index in [2.05, 4.69) is 10.0 Å². The molecule has 2 aliphatic heterocycles. The highest BCUT2D eigenvalue weighted by Crippen LogP contribution is 2.41. The van der Waals surface area contributed by atoms with E-state index in [9.17, 15) is 4.79 Å². The van der Waals surface area contributed by atoms with E-state index < -0.39 is 5.79 Å². The molecule has 0 amide bonds. The Labute approximate surface area is 176 Å². The zero-order chi connectivity index (χ0) is 21.6. The Morgan fingerprint density at radius 2 is 2.00 bits per heavy atom. The highest BCUT2D eigenvalue weighted by molar-refractivity contribution is 5.72. The number of benzene rings is 1. The van der Waals surface area contributed by atoms with E-state index in [4.69, 9.17) is 29.2 Å². The van der Waals surface area contributed by atoms with Crippen LogP contribution in [0, 0.1) is 5.92 Å². The molecular weight excluding hydrogens is 390 g/mol. The monoisotopic (exact) mass is 419 g/mol. The molecule has 9 nitrogen and oxygen atoms in total. The average Bonchev–Trinajstić information content (AvgIpc) is 3.43. The molecule has 1 aromatic rings. The van der Waals surface area contributed by atoms with Gasteiger partial charge in [-0.15, -0.1) is 0 Å². The van der Waals surface area contributed by atoms with Crippen LogP contribution in [-0.2, 0) is 35.1 Å². The predicted molar refractivity (Wildman–Crippen MR) is 107 cm³/mol. The Hall–Kier alpha value is -2.16. The first-order valence-electron chi connectivity index (χ1n) is 10.1. The van der Waals surface area contributed by atoms with Gasteiger partial charge in [-0.1, -0.05) is 35.4 Å². The molecule has 5 atom stereocenters. The Bertz CT molecular complexity index is 752. The maximum Gasteiger partial charge on any atom is 0.308 e. The Morgan fingerprint density at radius 1 is 1.23 bits per heavy atom. The summed E-state index contributed by atoms with van der Waals surface area (Å²) in [5.41, 5.74) is 9.69. The van der Waals surface area contributed by atoms with Crippen LogP contribution >= 0.6 is 0 Å². The molecule has 9 heteroatoms. The van der Waals surface area contributed by atoms with Crippen LogP contribution < -0.4 is 0 Å². The number of epoxide rings is 1. The fourth-order valence-corrected chi connectivity index (χ4v) is 3.80. The van der Waals surface area contributed by atoms with Gasteiger partial charge in [-0.25, -0.2) is 0 Å². The largest absolute Gasteiger partial charge is 0.469 e.